The molecule has 0 aliphatic carbocycles. The molecule has 0 spiro atoms. The van der Waals surface area contributed by atoms with Gasteiger partial charge < -0.3 is 4.90 Å². The van der Waals surface area contributed by atoms with Gasteiger partial charge in [-0.1, -0.05) is 12.1 Å². The molecular weight excluding hydrogens is 351 g/mol. The van der Waals surface area contributed by atoms with Crippen LogP contribution in [0.4, 0.5) is 4.39 Å². The van der Waals surface area contributed by atoms with Crippen molar-refractivity contribution in [3.05, 3.63) is 59.7 Å². The second-order valence-corrected chi connectivity index (χ2v) is 6.27. The smallest absolute Gasteiger partial charge is 0.278 e. The summed E-state index contributed by atoms with van der Waals surface area (Å²) in [6.07, 6.45) is 2.18. The summed E-state index contributed by atoms with van der Waals surface area (Å²) in [5.41, 5.74) is 7.16. The Labute approximate surface area is 156 Å². The topological polar surface area (TPSA) is 117 Å². The van der Waals surface area contributed by atoms with Gasteiger partial charge in [0, 0.05) is 25.4 Å². The number of nitriles is 1. The molecular formula is C18H21FN6O2. The molecule has 8 nitrogen and oxygen atoms in total. The number of alkyl halides is 1. The molecule has 9 heteroatoms. The van der Waals surface area contributed by atoms with Crippen molar-refractivity contribution in [2.24, 2.45) is 5.73 Å². The van der Waals surface area contributed by atoms with Crippen molar-refractivity contribution < 1.29 is 14.0 Å². The number of benzene rings is 1. The van der Waals surface area contributed by atoms with Gasteiger partial charge in [0.05, 0.1) is 17.2 Å². The molecule has 0 bridgehead atoms. The van der Waals surface area contributed by atoms with Crippen LogP contribution in [0.2, 0.25) is 0 Å². The zero-order chi connectivity index (χ0) is 19.9. The Balaban J connectivity index is 2.20. The number of nitrogens with two attached hydrogens (primary N) is 1. The van der Waals surface area contributed by atoms with Gasteiger partial charge in [0.15, 0.2) is 11.9 Å². The van der Waals surface area contributed by atoms with Crippen molar-refractivity contribution in [1.82, 2.24) is 20.3 Å². The summed E-state index contributed by atoms with van der Waals surface area (Å²) in [4.78, 5) is 26.8. The molecule has 0 saturated carbocycles. The molecule has 2 rings (SSSR count). The molecule has 1 heterocycles. The second kappa shape index (κ2) is 9.14. The third-order valence-electron chi connectivity index (χ3n) is 3.84. The third kappa shape index (κ3) is 5.52. The summed E-state index contributed by atoms with van der Waals surface area (Å²) in [5, 5.41) is 9.01. The normalized spacial score (nSPS) is 14.2. The van der Waals surface area contributed by atoms with E-state index in [2.05, 4.69) is 15.4 Å². The van der Waals surface area contributed by atoms with Crippen molar-refractivity contribution in [3.8, 4) is 6.07 Å². The van der Waals surface area contributed by atoms with Crippen LogP contribution in [0.5, 0.6) is 0 Å². The maximum Gasteiger partial charge on any atom is 0.278 e. The monoisotopic (exact) mass is 372 g/mol. The molecule has 1 aromatic heterocycles. The Hall–Kier alpha value is -2.93. The van der Waals surface area contributed by atoms with Crippen LogP contribution in [0.15, 0.2) is 43.0 Å². The highest BCUT2D eigenvalue weighted by atomic mass is 19.1. The van der Waals surface area contributed by atoms with Gasteiger partial charge in [0.25, 0.3) is 5.91 Å². The fourth-order valence-electron chi connectivity index (χ4n) is 2.29. The fourth-order valence-corrected chi connectivity index (χ4v) is 2.29. The minimum absolute atomic E-state index is 0.0868. The van der Waals surface area contributed by atoms with E-state index in [4.69, 9.17) is 15.8 Å². The SMILES string of the molecule is CN(C)CCC(N)(ONC(=O)c1cncnc1)C(F)c1cccc(C#N)c1. The number of carbonyl (C=O) groups excluding carboxylic acids is 1. The number of halogens is 1. The zero-order valence-corrected chi connectivity index (χ0v) is 15.1. The van der Waals surface area contributed by atoms with E-state index < -0.39 is 17.8 Å². The second-order valence-electron chi connectivity index (χ2n) is 6.27. The number of carbonyl (C=O) groups is 1. The molecule has 2 atom stereocenters. The van der Waals surface area contributed by atoms with E-state index in [0.29, 0.717) is 12.1 Å². The Morgan fingerprint density at radius 3 is 2.78 bits per heavy atom. The van der Waals surface area contributed by atoms with E-state index in [1.54, 1.807) is 12.1 Å². The number of hydrogen-bond acceptors (Lipinski definition) is 7. The quantitative estimate of drug-likeness (QED) is 0.530. The molecule has 0 aliphatic heterocycles. The number of aromatic nitrogens is 2. The number of amides is 1. The van der Waals surface area contributed by atoms with E-state index >= 15 is 4.39 Å². The lowest BCUT2D eigenvalue weighted by atomic mass is 9.96. The largest absolute Gasteiger partial charge is 0.309 e. The first-order valence-electron chi connectivity index (χ1n) is 8.17. The minimum atomic E-state index is -1.84. The van der Waals surface area contributed by atoms with Gasteiger partial charge in [-0.2, -0.15) is 5.26 Å². The van der Waals surface area contributed by atoms with E-state index in [-0.39, 0.29) is 17.5 Å². The average Bonchev–Trinajstić information content (AvgIpc) is 2.70. The summed E-state index contributed by atoms with van der Waals surface area (Å²) in [5.74, 6) is -0.645. The van der Waals surface area contributed by atoms with Crippen molar-refractivity contribution in [2.45, 2.75) is 18.3 Å². The standard InChI is InChI=1S/C18H21FN6O2/c1-25(2)7-6-18(21,16(19)14-5-3-4-13(8-14)9-20)27-24-17(26)15-10-22-12-23-11-15/h3-5,8,10-12,16H,6-7,21H2,1-2H3,(H,24,26). The van der Waals surface area contributed by atoms with E-state index in [1.807, 2.05) is 25.1 Å². The van der Waals surface area contributed by atoms with Gasteiger partial charge >= 0.3 is 0 Å². The van der Waals surface area contributed by atoms with Crippen LogP contribution in [-0.2, 0) is 4.84 Å². The van der Waals surface area contributed by atoms with E-state index in [9.17, 15) is 4.79 Å². The molecule has 3 N–H and O–H groups in total. The van der Waals surface area contributed by atoms with E-state index in [0.717, 1.165) is 0 Å². The van der Waals surface area contributed by atoms with Crippen LogP contribution in [-0.4, -0.2) is 47.1 Å². The summed E-state index contributed by atoms with van der Waals surface area (Å²) < 4.78 is 15.2. The molecule has 0 fully saturated rings. The summed E-state index contributed by atoms with van der Waals surface area (Å²) in [6, 6.07) is 7.99. The number of hydroxylamine groups is 1. The van der Waals surface area contributed by atoms with Gasteiger partial charge in [-0.3, -0.25) is 10.5 Å². The molecule has 27 heavy (non-hydrogen) atoms. The summed E-state index contributed by atoms with van der Waals surface area (Å²) in [6.45, 7) is 0.416. The van der Waals surface area contributed by atoms with Gasteiger partial charge in [0.2, 0.25) is 0 Å². The highest BCUT2D eigenvalue weighted by Gasteiger charge is 2.39. The number of nitrogens with one attached hydrogen (secondary N) is 1. The maximum absolute atomic E-state index is 15.2. The predicted octanol–water partition coefficient (Wildman–Crippen LogP) is 1.33. The maximum atomic E-state index is 15.2. The molecule has 142 valence electrons. The molecule has 0 radical (unpaired) electrons. The van der Waals surface area contributed by atoms with Crippen LogP contribution in [0.25, 0.3) is 0 Å². The Morgan fingerprint density at radius 1 is 1.44 bits per heavy atom. The third-order valence-corrected chi connectivity index (χ3v) is 3.84. The van der Waals surface area contributed by atoms with Gasteiger partial charge in [-0.05, 0) is 31.8 Å². The molecule has 1 amide bonds. The summed E-state index contributed by atoms with van der Waals surface area (Å²) >= 11 is 0. The van der Waals surface area contributed by atoms with Crippen LogP contribution in [0.3, 0.4) is 0 Å². The molecule has 0 saturated heterocycles. The Kier molecular flexibility index (Phi) is 6.90. The van der Waals surface area contributed by atoms with E-state index in [1.165, 1.54) is 30.9 Å². The fraction of sp³-hybridized carbons (Fsp3) is 0.333. The zero-order valence-electron chi connectivity index (χ0n) is 15.1. The van der Waals surface area contributed by atoms with Crippen LogP contribution >= 0.6 is 0 Å². The van der Waals surface area contributed by atoms with Gasteiger partial charge in [-0.25, -0.2) is 24.7 Å². The van der Waals surface area contributed by atoms with Crippen molar-refractivity contribution in [2.75, 3.05) is 20.6 Å². The number of nitrogens with zero attached hydrogens (tertiary/aromatic N) is 4. The molecule has 2 unspecified atom stereocenters. The lowest BCUT2D eigenvalue weighted by molar-refractivity contribution is -0.138. The van der Waals surface area contributed by atoms with Crippen molar-refractivity contribution >= 4 is 5.91 Å². The first-order chi connectivity index (χ1) is 12.9. The lowest BCUT2D eigenvalue weighted by Crippen LogP contribution is -2.53. The van der Waals surface area contributed by atoms with Crippen molar-refractivity contribution in [1.29, 1.82) is 5.26 Å². The molecule has 1 aromatic carbocycles. The summed E-state index contributed by atoms with van der Waals surface area (Å²) in [7, 11) is 3.62. The van der Waals surface area contributed by atoms with Gasteiger partial charge in [0.1, 0.15) is 6.33 Å². The van der Waals surface area contributed by atoms with Gasteiger partial charge in [-0.15, -0.1) is 0 Å². The van der Waals surface area contributed by atoms with Crippen LogP contribution < -0.4 is 11.2 Å². The molecule has 2 aromatic rings. The minimum Gasteiger partial charge on any atom is -0.309 e. The first-order valence-corrected chi connectivity index (χ1v) is 8.17. The van der Waals surface area contributed by atoms with Crippen LogP contribution in [0.1, 0.15) is 34.1 Å². The average molecular weight is 372 g/mol. The predicted molar refractivity (Wildman–Crippen MR) is 95.7 cm³/mol. The van der Waals surface area contributed by atoms with Crippen LogP contribution in [0, 0.1) is 11.3 Å². The highest BCUT2D eigenvalue weighted by molar-refractivity contribution is 5.92. The molecule has 0 aliphatic rings. The Bertz CT molecular complexity index is 811. The first kappa shape index (κ1) is 20.4. The number of hydrogen-bond donors (Lipinski definition) is 2. The Morgan fingerprint density at radius 2 is 2.15 bits per heavy atom. The number of rotatable bonds is 8. The van der Waals surface area contributed by atoms with Crippen molar-refractivity contribution in [3.63, 3.8) is 0 Å². The highest BCUT2D eigenvalue weighted by Crippen LogP contribution is 2.32. The lowest BCUT2D eigenvalue weighted by Gasteiger charge is -2.33.